The molecule has 17 heavy (non-hydrogen) atoms. The molecule has 0 amide bonds. The number of aromatic nitrogens is 3. The van der Waals surface area contributed by atoms with E-state index >= 15 is 0 Å². The van der Waals surface area contributed by atoms with Crippen LogP contribution in [0.4, 0.5) is 5.69 Å². The minimum absolute atomic E-state index is 0.0748. The first-order valence-corrected chi connectivity index (χ1v) is 5.27. The van der Waals surface area contributed by atoms with E-state index in [-0.39, 0.29) is 5.69 Å². The first-order valence-electron chi connectivity index (χ1n) is 5.27. The highest BCUT2D eigenvalue weighted by molar-refractivity contribution is 5.44. The lowest BCUT2D eigenvalue weighted by Gasteiger charge is -2.05. The summed E-state index contributed by atoms with van der Waals surface area (Å²) >= 11 is 0. The molecule has 0 saturated carbocycles. The lowest BCUT2D eigenvalue weighted by Crippen LogP contribution is -2.03. The normalized spacial score (nSPS) is 10.5. The topological polar surface area (TPSA) is 73.8 Å². The van der Waals surface area contributed by atoms with E-state index in [2.05, 4.69) is 9.97 Å². The molecule has 88 valence electrons. The minimum atomic E-state index is -0.400. The average molecular weight is 232 g/mol. The maximum Gasteiger partial charge on any atom is 0.277 e. The largest absolute Gasteiger partial charge is 0.288 e. The highest BCUT2D eigenvalue weighted by Gasteiger charge is 2.14. The number of hydrogen-bond acceptors (Lipinski definition) is 4. The molecular weight excluding hydrogens is 220 g/mol. The van der Waals surface area contributed by atoms with Crippen molar-refractivity contribution in [1.29, 1.82) is 0 Å². The van der Waals surface area contributed by atoms with Crippen LogP contribution < -0.4 is 0 Å². The summed E-state index contributed by atoms with van der Waals surface area (Å²) in [5.41, 5.74) is 0.627. The summed E-state index contributed by atoms with van der Waals surface area (Å²) in [6, 6.07) is 1.47. The van der Waals surface area contributed by atoms with Crippen LogP contribution >= 0.6 is 0 Å². The van der Waals surface area contributed by atoms with Crippen molar-refractivity contribution in [3.63, 3.8) is 0 Å². The summed E-state index contributed by atoms with van der Waals surface area (Å²) in [5, 5.41) is 10.9. The number of nitrogens with zero attached hydrogens (tertiary/aromatic N) is 4. The predicted molar refractivity (Wildman–Crippen MR) is 62.1 cm³/mol. The first-order chi connectivity index (χ1) is 8.13. The summed E-state index contributed by atoms with van der Waals surface area (Å²) in [6.45, 7) is 3.64. The summed E-state index contributed by atoms with van der Waals surface area (Å²) in [6.07, 6.45) is 5.66. The number of aryl methyl sites for hydroxylation is 2. The van der Waals surface area contributed by atoms with Crippen LogP contribution in [0.1, 0.15) is 18.3 Å². The molecule has 0 spiro atoms. The van der Waals surface area contributed by atoms with Gasteiger partial charge >= 0.3 is 0 Å². The van der Waals surface area contributed by atoms with Gasteiger partial charge in [-0.2, -0.15) is 0 Å². The summed E-state index contributed by atoms with van der Waals surface area (Å²) in [7, 11) is 0. The van der Waals surface area contributed by atoms with Crippen LogP contribution in [0, 0.1) is 17.0 Å². The fourth-order valence-corrected chi connectivity index (χ4v) is 1.64. The van der Waals surface area contributed by atoms with Crippen LogP contribution in [0.15, 0.2) is 24.7 Å². The van der Waals surface area contributed by atoms with Crippen LogP contribution in [0.3, 0.4) is 0 Å². The molecule has 2 rings (SSSR count). The molecule has 0 aliphatic heterocycles. The Balaban J connectivity index is 2.54. The Morgan fingerprint density at radius 3 is 2.88 bits per heavy atom. The summed E-state index contributed by atoms with van der Waals surface area (Å²) in [5.74, 6) is 1.35. The maximum atomic E-state index is 10.9. The molecule has 0 atom stereocenters. The Bertz CT molecular complexity index is 562. The maximum absolute atomic E-state index is 10.9. The van der Waals surface area contributed by atoms with Crippen molar-refractivity contribution in [3.8, 4) is 5.82 Å². The van der Waals surface area contributed by atoms with Crippen molar-refractivity contribution < 1.29 is 4.92 Å². The van der Waals surface area contributed by atoms with E-state index in [9.17, 15) is 10.1 Å². The fourth-order valence-electron chi connectivity index (χ4n) is 1.64. The molecule has 0 saturated heterocycles. The van der Waals surface area contributed by atoms with Gasteiger partial charge in [0.25, 0.3) is 5.69 Å². The monoisotopic (exact) mass is 232 g/mol. The molecule has 0 N–H and O–H groups in total. The highest BCUT2D eigenvalue weighted by atomic mass is 16.6. The lowest BCUT2D eigenvalue weighted by molar-refractivity contribution is -0.385. The van der Waals surface area contributed by atoms with E-state index in [4.69, 9.17) is 0 Å². The predicted octanol–water partition coefficient (Wildman–Crippen LogP) is 2.05. The van der Waals surface area contributed by atoms with Crippen molar-refractivity contribution in [2.75, 3.05) is 0 Å². The van der Waals surface area contributed by atoms with E-state index in [0.29, 0.717) is 11.4 Å². The van der Waals surface area contributed by atoms with E-state index in [1.165, 1.54) is 12.3 Å². The van der Waals surface area contributed by atoms with Gasteiger partial charge in [-0.25, -0.2) is 9.97 Å². The average Bonchev–Trinajstić information content (AvgIpc) is 2.77. The zero-order valence-electron chi connectivity index (χ0n) is 9.62. The van der Waals surface area contributed by atoms with Crippen molar-refractivity contribution in [1.82, 2.24) is 14.5 Å². The number of hydrogen-bond donors (Lipinski definition) is 0. The molecule has 0 radical (unpaired) electrons. The molecule has 0 unspecified atom stereocenters. The zero-order valence-corrected chi connectivity index (χ0v) is 9.62. The smallest absolute Gasteiger partial charge is 0.277 e. The number of imidazole rings is 1. The fraction of sp³-hybridized carbons (Fsp3) is 0.273. The second-order valence-corrected chi connectivity index (χ2v) is 3.65. The molecule has 0 fully saturated rings. The highest BCUT2D eigenvalue weighted by Crippen LogP contribution is 2.20. The summed E-state index contributed by atoms with van der Waals surface area (Å²) < 4.78 is 1.76. The third-order valence-corrected chi connectivity index (χ3v) is 2.54. The Morgan fingerprint density at radius 2 is 2.24 bits per heavy atom. The Labute approximate surface area is 98.1 Å². The first kappa shape index (κ1) is 11.3. The van der Waals surface area contributed by atoms with Gasteiger partial charge in [0.2, 0.25) is 0 Å². The molecule has 0 bridgehead atoms. The van der Waals surface area contributed by atoms with Crippen LogP contribution in [-0.4, -0.2) is 19.5 Å². The van der Waals surface area contributed by atoms with Crippen LogP contribution in [0.25, 0.3) is 5.82 Å². The third-order valence-electron chi connectivity index (χ3n) is 2.54. The van der Waals surface area contributed by atoms with Gasteiger partial charge in [0.15, 0.2) is 0 Å². The second kappa shape index (κ2) is 4.32. The van der Waals surface area contributed by atoms with E-state index in [0.717, 1.165) is 12.2 Å². The molecule has 0 aliphatic carbocycles. The van der Waals surface area contributed by atoms with Gasteiger partial charge in [0.1, 0.15) is 11.6 Å². The molecule has 0 aromatic carbocycles. The molecule has 6 nitrogen and oxygen atoms in total. The SMILES string of the molecule is CCc1nccn1-c1cc([N+](=O)[O-])c(C)cn1. The van der Waals surface area contributed by atoms with Crippen LogP contribution in [0.2, 0.25) is 0 Å². The van der Waals surface area contributed by atoms with E-state index in [1.54, 1.807) is 23.9 Å². The Hall–Kier alpha value is -2.24. The molecule has 2 aromatic rings. The quantitative estimate of drug-likeness (QED) is 0.599. The van der Waals surface area contributed by atoms with Gasteiger partial charge in [-0.3, -0.25) is 14.7 Å². The number of pyridine rings is 1. The van der Waals surface area contributed by atoms with Gasteiger partial charge in [0, 0.05) is 30.6 Å². The molecular formula is C11H12N4O2. The molecule has 0 aliphatic rings. The van der Waals surface area contributed by atoms with Crippen molar-refractivity contribution in [2.45, 2.75) is 20.3 Å². The molecule has 6 heteroatoms. The van der Waals surface area contributed by atoms with Gasteiger partial charge in [-0.05, 0) is 6.92 Å². The zero-order chi connectivity index (χ0) is 12.4. The van der Waals surface area contributed by atoms with Gasteiger partial charge < -0.3 is 0 Å². The van der Waals surface area contributed by atoms with Gasteiger partial charge in [-0.1, -0.05) is 6.92 Å². The molecule has 2 heterocycles. The van der Waals surface area contributed by atoms with Crippen molar-refractivity contribution in [3.05, 3.63) is 46.2 Å². The Morgan fingerprint density at radius 1 is 1.47 bits per heavy atom. The number of nitro groups is 1. The minimum Gasteiger partial charge on any atom is -0.288 e. The third kappa shape index (κ3) is 2.01. The standard InChI is InChI=1S/C11H12N4O2/c1-3-10-12-4-5-14(10)11-6-9(15(16)17)8(2)7-13-11/h4-7H,3H2,1-2H3. The van der Waals surface area contributed by atoms with Gasteiger partial charge in [-0.15, -0.1) is 0 Å². The van der Waals surface area contributed by atoms with Crippen molar-refractivity contribution >= 4 is 5.69 Å². The summed E-state index contributed by atoms with van der Waals surface area (Å²) in [4.78, 5) is 18.8. The van der Waals surface area contributed by atoms with Crippen LogP contribution in [0.5, 0.6) is 0 Å². The van der Waals surface area contributed by atoms with E-state index < -0.39 is 4.92 Å². The lowest BCUT2D eigenvalue weighted by atomic mass is 10.2. The number of rotatable bonds is 3. The Kier molecular flexibility index (Phi) is 2.86. The van der Waals surface area contributed by atoms with E-state index in [1.807, 2.05) is 6.92 Å². The van der Waals surface area contributed by atoms with Gasteiger partial charge in [0.05, 0.1) is 11.0 Å². The second-order valence-electron chi connectivity index (χ2n) is 3.65. The van der Waals surface area contributed by atoms with Crippen LogP contribution in [-0.2, 0) is 6.42 Å². The van der Waals surface area contributed by atoms with Crippen molar-refractivity contribution in [2.24, 2.45) is 0 Å². The molecule has 2 aromatic heterocycles.